The molecule has 5 aromatic heterocycles. The SMILES string of the molecule is CNc1ccc(/C=C/C=C/c2cc3cc(O)ccc3o2)c(F)n1.CNc1ccc(C#C/C=C/c2cc3cc(O)ccc3o2)c(F)n1.CNc1ccc(C#C/C=C/c2nc3ccc(O)cc3s2)cc1. The molecular weight excluding hydrogens is 883 g/mol. The Kier molecular flexibility index (Phi) is 15.6. The second kappa shape index (κ2) is 22.7. The van der Waals surface area contributed by atoms with Gasteiger partial charge in [-0.2, -0.15) is 8.78 Å². The number of allylic oxidation sites excluding steroid dienone is 4. The van der Waals surface area contributed by atoms with Crippen molar-refractivity contribution in [1.82, 2.24) is 15.0 Å². The van der Waals surface area contributed by atoms with E-state index < -0.39 is 11.9 Å². The Morgan fingerprint density at radius 1 is 0.559 bits per heavy atom. The number of furan rings is 2. The Morgan fingerprint density at radius 3 is 1.79 bits per heavy atom. The van der Waals surface area contributed by atoms with Gasteiger partial charge in [0.05, 0.1) is 15.8 Å². The van der Waals surface area contributed by atoms with Crippen LogP contribution in [-0.4, -0.2) is 51.4 Å². The van der Waals surface area contributed by atoms with Crippen molar-refractivity contribution in [3.63, 3.8) is 0 Å². The van der Waals surface area contributed by atoms with E-state index in [1.54, 1.807) is 135 Å². The Hall–Kier alpha value is -9.11. The lowest BCUT2D eigenvalue weighted by Gasteiger charge is -2.00. The lowest BCUT2D eigenvalue weighted by molar-refractivity contribution is 0.475. The molecule has 0 aliphatic rings. The van der Waals surface area contributed by atoms with Gasteiger partial charge in [0.2, 0.25) is 11.9 Å². The summed E-state index contributed by atoms with van der Waals surface area (Å²) < 4.78 is 39.5. The molecule has 68 heavy (non-hydrogen) atoms. The van der Waals surface area contributed by atoms with E-state index in [0.717, 1.165) is 37.2 Å². The molecule has 0 radical (unpaired) electrons. The first kappa shape index (κ1) is 46.9. The summed E-state index contributed by atoms with van der Waals surface area (Å²) in [6.07, 6.45) is 13.8. The Labute approximate surface area is 394 Å². The number of hydrogen-bond acceptors (Lipinski definition) is 12. The summed E-state index contributed by atoms with van der Waals surface area (Å²) in [4.78, 5) is 12.0. The number of anilines is 3. The summed E-state index contributed by atoms with van der Waals surface area (Å²) in [5, 5.41) is 39.4. The van der Waals surface area contributed by atoms with Gasteiger partial charge in [-0.1, -0.05) is 41.9 Å². The summed E-state index contributed by atoms with van der Waals surface area (Å²) in [5.74, 6) is 13.2. The summed E-state index contributed by atoms with van der Waals surface area (Å²) in [5.41, 5.74) is 4.93. The van der Waals surface area contributed by atoms with Crippen LogP contribution in [0.1, 0.15) is 33.2 Å². The van der Waals surface area contributed by atoms with Gasteiger partial charge in [-0.05, 0) is 146 Å². The molecule has 0 saturated heterocycles. The van der Waals surface area contributed by atoms with E-state index in [-0.39, 0.29) is 22.8 Å². The first-order chi connectivity index (χ1) is 33.0. The van der Waals surface area contributed by atoms with Crippen molar-refractivity contribution in [3.05, 3.63) is 185 Å². The van der Waals surface area contributed by atoms with Crippen LogP contribution in [0.15, 0.2) is 148 Å². The third-order valence-electron chi connectivity index (χ3n) is 9.55. The molecular formula is C54H42F2N6O5S. The van der Waals surface area contributed by atoms with E-state index in [1.165, 1.54) is 11.3 Å². The number of aromatic hydroxyl groups is 3. The lowest BCUT2D eigenvalue weighted by Crippen LogP contribution is -1.96. The molecule has 0 amide bonds. The van der Waals surface area contributed by atoms with Crippen molar-refractivity contribution in [2.24, 2.45) is 0 Å². The van der Waals surface area contributed by atoms with Gasteiger partial charge >= 0.3 is 0 Å². The van der Waals surface area contributed by atoms with Gasteiger partial charge in [-0.3, -0.25) is 0 Å². The van der Waals surface area contributed by atoms with E-state index in [9.17, 15) is 24.1 Å². The van der Waals surface area contributed by atoms with Crippen LogP contribution in [-0.2, 0) is 0 Å². The van der Waals surface area contributed by atoms with Gasteiger partial charge < -0.3 is 40.1 Å². The summed E-state index contributed by atoms with van der Waals surface area (Å²) >= 11 is 1.53. The molecule has 9 aromatic rings. The molecule has 0 aliphatic carbocycles. The van der Waals surface area contributed by atoms with Crippen LogP contribution in [0.25, 0.3) is 56.5 Å². The molecule has 0 aliphatic heterocycles. The van der Waals surface area contributed by atoms with E-state index >= 15 is 0 Å². The minimum Gasteiger partial charge on any atom is -0.508 e. The van der Waals surface area contributed by atoms with Crippen molar-refractivity contribution < 1.29 is 32.9 Å². The van der Waals surface area contributed by atoms with Crippen LogP contribution < -0.4 is 16.0 Å². The maximum Gasteiger partial charge on any atom is 0.230 e. The molecule has 14 heteroatoms. The third kappa shape index (κ3) is 13.0. The first-order valence-electron chi connectivity index (χ1n) is 20.8. The molecule has 9 rings (SSSR count). The second-order valence-corrected chi connectivity index (χ2v) is 15.4. The highest BCUT2D eigenvalue weighted by molar-refractivity contribution is 7.19. The number of nitrogens with one attached hydrogen (secondary N) is 3. The van der Waals surface area contributed by atoms with E-state index in [2.05, 4.69) is 54.6 Å². The number of rotatable bonds is 8. The molecule has 0 atom stereocenters. The molecule has 0 spiro atoms. The standard InChI is InChI=1S/C18H15FN2O2.C18H13FN2O2.C18H14N2OS/c2*1-20-17-9-6-12(18(19)21-17)4-2-3-5-15-11-13-10-14(22)7-8-16(13)23-15;1-19-14-8-6-13(7-9-14)4-2-3-5-18-20-16-11-10-15(21)12-17(16)22-18/h2-11,22H,1H3,(H,20,21);3,5-11,22H,1H3,(H,20,21);3,5-12,19,21H,1H3/b4-2+,5-3+;2*5-3+. The van der Waals surface area contributed by atoms with Crippen molar-refractivity contribution in [3.8, 4) is 40.9 Å². The molecule has 6 N–H and O–H groups in total. The van der Waals surface area contributed by atoms with Crippen LogP contribution in [0.4, 0.5) is 26.1 Å². The summed E-state index contributed by atoms with van der Waals surface area (Å²) in [6.45, 7) is 0. The highest BCUT2D eigenvalue weighted by atomic mass is 32.1. The molecule has 0 fully saturated rings. The van der Waals surface area contributed by atoms with Crippen molar-refractivity contribution in [1.29, 1.82) is 0 Å². The normalized spacial score (nSPS) is 11.0. The number of nitrogens with zero attached hydrogens (tertiary/aromatic N) is 3. The van der Waals surface area contributed by atoms with Crippen LogP contribution in [0, 0.1) is 35.6 Å². The summed E-state index contributed by atoms with van der Waals surface area (Å²) in [7, 11) is 5.25. The zero-order valence-electron chi connectivity index (χ0n) is 36.8. The van der Waals surface area contributed by atoms with Gasteiger partial charge in [-0.15, -0.1) is 11.3 Å². The zero-order chi connectivity index (χ0) is 47.8. The fourth-order valence-corrected chi connectivity index (χ4v) is 7.06. The number of benzene rings is 4. The summed E-state index contributed by atoms with van der Waals surface area (Å²) in [6, 6.07) is 33.1. The Bertz CT molecular complexity index is 3460. The second-order valence-electron chi connectivity index (χ2n) is 14.3. The first-order valence-corrected chi connectivity index (χ1v) is 21.6. The van der Waals surface area contributed by atoms with Crippen molar-refractivity contribution in [2.45, 2.75) is 0 Å². The fourth-order valence-electron chi connectivity index (χ4n) is 6.16. The molecule has 338 valence electrons. The van der Waals surface area contributed by atoms with Gasteiger partial charge in [0, 0.05) is 48.7 Å². The number of fused-ring (bicyclic) bond motifs is 3. The van der Waals surface area contributed by atoms with Crippen LogP contribution in [0.5, 0.6) is 17.2 Å². The van der Waals surface area contributed by atoms with Gasteiger partial charge in [0.15, 0.2) is 0 Å². The highest BCUT2D eigenvalue weighted by Gasteiger charge is 2.05. The largest absolute Gasteiger partial charge is 0.508 e. The van der Waals surface area contributed by atoms with E-state index in [0.29, 0.717) is 39.9 Å². The zero-order valence-corrected chi connectivity index (χ0v) is 37.6. The molecule has 0 unspecified atom stereocenters. The lowest BCUT2D eigenvalue weighted by atomic mass is 10.2. The predicted octanol–water partition coefficient (Wildman–Crippen LogP) is 12.3. The average molecular weight is 925 g/mol. The van der Waals surface area contributed by atoms with Gasteiger partial charge in [-0.25, -0.2) is 15.0 Å². The molecule has 4 aromatic carbocycles. The maximum atomic E-state index is 13.7. The van der Waals surface area contributed by atoms with Crippen LogP contribution in [0.3, 0.4) is 0 Å². The van der Waals surface area contributed by atoms with Gasteiger partial charge in [0.25, 0.3) is 0 Å². The molecule has 0 bridgehead atoms. The third-order valence-corrected chi connectivity index (χ3v) is 10.5. The Morgan fingerprint density at radius 2 is 1.15 bits per heavy atom. The number of thiazole rings is 1. The van der Waals surface area contributed by atoms with E-state index in [4.69, 9.17) is 8.83 Å². The molecule has 11 nitrogen and oxygen atoms in total. The number of pyridine rings is 2. The van der Waals surface area contributed by atoms with Crippen LogP contribution in [0.2, 0.25) is 0 Å². The predicted molar refractivity (Wildman–Crippen MR) is 270 cm³/mol. The number of phenols is 3. The quantitative estimate of drug-likeness (QED) is 0.0489. The average Bonchev–Trinajstić information content (AvgIpc) is 4.07. The minimum atomic E-state index is -0.614. The Balaban J connectivity index is 0.000000151. The van der Waals surface area contributed by atoms with Gasteiger partial charge in [0.1, 0.15) is 56.6 Å². The molecule has 5 heterocycles. The monoisotopic (exact) mass is 924 g/mol. The number of phenolic OH excluding ortho intramolecular Hbond substituents is 3. The smallest absolute Gasteiger partial charge is 0.230 e. The topological polar surface area (TPSA) is 162 Å². The van der Waals surface area contributed by atoms with Crippen molar-refractivity contribution in [2.75, 3.05) is 37.1 Å². The fraction of sp³-hybridized carbons (Fsp3) is 0.0556. The highest BCUT2D eigenvalue weighted by Crippen LogP contribution is 2.27. The minimum absolute atomic E-state index is 0.182. The number of halogens is 2. The van der Waals surface area contributed by atoms with Crippen molar-refractivity contribution >= 4 is 85.1 Å². The number of hydrogen-bond donors (Lipinski definition) is 6. The molecule has 0 saturated carbocycles. The van der Waals surface area contributed by atoms with E-state index in [1.807, 2.05) is 49.5 Å². The maximum absolute atomic E-state index is 13.7. The van der Waals surface area contributed by atoms with Crippen LogP contribution >= 0.6 is 11.3 Å². The number of aromatic nitrogens is 3.